The van der Waals surface area contributed by atoms with Crippen molar-refractivity contribution in [2.24, 2.45) is 0 Å². The third kappa shape index (κ3) is 3.80. The van der Waals surface area contributed by atoms with Crippen LogP contribution in [0.2, 0.25) is 0 Å². The zero-order valence-electron chi connectivity index (χ0n) is 15.1. The molecule has 1 heterocycles. The SMILES string of the molecule is COc1ccccc1-c1nnc(SC(C)C(=O)c2ccc(C)c(C)c2)o1. The largest absolute Gasteiger partial charge is 0.496 e. The molecule has 1 aromatic heterocycles. The molecular weight excluding hydrogens is 348 g/mol. The van der Waals surface area contributed by atoms with E-state index in [1.54, 1.807) is 7.11 Å². The summed E-state index contributed by atoms with van der Waals surface area (Å²) in [6, 6.07) is 13.2. The quantitative estimate of drug-likeness (QED) is 0.463. The van der Waals surface area contributed by atoms with Crippen LogP contribution in [0.3, 0.4) is 0 Å². The molecule has 0 bridgehead atoms. The molecule has 3 rings (SSSR count). The molecule has 1 atom stereocenters. The minimum atomic E-state index is -0.330. The van der Waals surface area contributed by atoms with Gasteiger partial charge in [-0.2, -0.15) is 0 Å². The van der Waals surface area contributed by atoms with E-state index in [0.717, 1.165) is 11.1 Å². The molecule has 0 radical (unpaired) electrons. The first kappa shape index (κ1) is 18.2. The highest BCUT2D eigenvalue weighted by Crippen LogP contribution is 2.32. The van der Waals surface area contributed by atoms with E-state index in [0.29, 0.717) is 22.4 Å². The van der Waals surface area contributed by atoms with Crippen LogP contribution in [-0.4, -0.2) is 28.3 Å². The topological polar surface area (TPSA) is 65.2 Å². The maximum absolute atomic E-state index is 12.7. The highest BCUT2D eigenvalue weighted by molar-refractivity contribution is 8.00. The molecule has 1 unspecified atom stereocenters. The standard InChI is InChI=1S/C20H20N2O3S/c1-12-9-10-15(11-13(12)2)18(23)14(3)26-20-22-21-19(25-20)16-7-5-6-8-17(16)24-4/h5-11,14H,1-4H3. The Balaban J connectivity index is 1.76. The van der Waals surface area contributed by atoms with Crippen molar-refractivity contribution in [3.05, 3.63) is 59.2 Å². The normalized spacial score (nSPS) is 12.0. The van der Waals surface area contributed by atoms with Crippen LogP contribution in [0.15, 0.2) is 52.1 Å². The Morgan fingerprint density at radius 1 is 1.12 bits per heavy atom. The summed E-state index contributed by atoms with van der Waals surface area (Å²) in [7, 11) is 1.59. The minimum absolute atomic E-state index is 0.0372. The number of para-hydroxylation sites is 1. The number of ketones is 1. The van der Waals surface area contributed by atoms with Crippen LogP contribution in [0.5, 0.6) is 5.75 Å². The van der Waals surface area contributed by atoms with E-state index >= 15 is 0 Å². The fourth-order valence-electron chi connectivity index (χ4n) is 2.52. The zero-order valence-corrected chi connectivity index (χ0v) is 16.0. The Hall–Kier alpha value is -2.60. The van der Waals surface area contributed by atoms with Crippen molar-refractivity contribution in [1.29, 1.82) is 0 Å². The molecule has 134 valence electrons. The Kier molecular flexibility index (Phi) is 5.42. The molecule has 0 N–H and O–H groups in total. The van der Waals surface area contributed by atoms with Gasteiger partial charge in [0.15, 0.2) is 5.78 Å². The number of carbonyl (C=O) groups is 1. The molecule has 0 saturated heterocycles. The summed E-state index contributed by atoms with van der Waals surface area (Å²) in [5.41, 5.74) is 3.68. The van der Waals surface area contributed by atoms with E-state index in [4.69, 9.17) is 9.15 Å². The van der Waals surface area contributed by atoms with Crippen molar-refractivity contribution in [3.8, 4) is 17.2 Å². The maximum Gasteiger partial charge on any atom is 0.277 e. The van der Waals surface area contributed by atoms with Crippen molar-refractivity contribution >= 4 is 17.5 Å². The first-order valence-corrected chi connectivity index (χ1v) is 9.12. The maximum atomic E-state index is 12.7. The molecular formula is C20H20N2O3S. The fraction of sp³-hybridized carbons (Fsp3) is 0.250. The van der Waals surface area contributed by atoms with Gasteiger partial charge in [0.1, 0.15) is 5.75 Å². The van der Waals surface area contributed by atoms with Gasteiger partial charge in [-0.3, -0.25) is 4.79 Å². The summed E-state index contributed by atoms with van der Waals surface area (Å²) in [6.07, 6.45) is 0. The van der Waals surface area contributed by atoms with Gasteiger partial charge >= 0.3 is 0 Å². The second-order valence-electron chi connectivity index (χ2n) is 6.00. The van der Waals surface area contributed by atoms with Crippen LogP contribution in [-0.2, 0) is 0 Å². The van der Waals surface area contributed by atoms with E-state index in [9.17, 15) is 4.79 Å². The van der Waals surface area contributed by atoms with Gasteiger partial charge < -0.3 is 9.15 Å². The molecule has 26 heavy (non-hydrogen) atoms. The number of hydrogen-bond acceptors (Lipinski definition) is 6. The van der Waals surface area contributed by atoms with Gasteiger partial charge in [0.25, 0.3) is 11.1 Å². The molecule has 2 aromatic carbocycles. The lowest BCUT2D eigenvalue weighted by atomic mass is 10.0. The summed E-state index contributed by atoms with van der Waals surface area (Å²) >= 11 is 1.25. The van der Waals surface area contributed by atoms with Crippen molar-refractivity contribution < 1.29 is 13.9 Å². The number of ether oxygens (including phenoxy) is 1. The van der Waals surface area contributed by atoms with Crippen molar-refractivity contribution in [2.75, 3.05) is 7.11 Å². The predicted molar refractivity (Wildman–Crippen MR) is 102 cm³/mol. The Morgan fingerprint density at radius 2 is 1.88 bits per heavy atom. The monoisotopic (exact) mass is 368 g/mol. The molecule has 5 nitrogen and oxygen atoms in total. The highest BCUT2D eigenvalue weighted by Gasteiger charge is 2.21. The van der Waals surface area contributed by atoms with Crippen LogP contribution >= 0.6 is 11.8 Å². The predicted octanol–water partition coefficient (Wildman–Crippen LogP) is 4.73. The van der Waals surface area contributed by atoms with Gasteiger partial charge in [0.2, 0.25) is 0 Å². The van der Waals surface area contributed by atoms with Crippen LogP contribution < -0.4 is 4.74 Å². The van der Waals surface area contributed by atoms with E-state index < -0.39 is 0 Å². The second kappa shape index (κ2) is 7.74. The molecule has 0 aliphatic carbocycles. The summed E-state index contributed by atoms with van der Waals surface area (Å²) < 4.78 is 11.0. The van der Waals surface area contributed by atoms with E-state index in [1.807, 2.05) is 63.2 Å². The van der Waals surface area contributed by atoms with Crippen LogP contribution in [0.1, 0.15) is 28.4 Å². The van der Waals surface area contributed by atoms with E-state index in [1.165, 1.54) is 17.3 Å². The lowest BCUT2D eigenvalue weighted by Crippen LogP contribution is -2.13. The summed E-state index contributed by atoms with van der Waals surface area (Å²) in [5.74, 6) is 1.07. The fourth-order valence-corrected chi connectivity index (χ4v) is 3.28. The minimum Gasteiger partial charge on any atom is -0.496 e. The third-order valence-electron chi connectivity index (χ3n) is 4.18. The Morgan fingerprint density at radius 3 is 2.62 bits per heavy atom. The summed E-state index contributed by atoms with van der Waals surface area (Å²) in [4.78, 5) is 12.7. The van der Waals surface area contributed by atoms with Crippen molar-refractivity contribution in [3.63, 3.8) is 0 Å². The number of rotatable bonds is 6. The van der Waals surface area contributed by atoms with Gasteiger partial charge in [0.05, 0.1) is 17.9 Å². The molecule has 0 aliphatic heterocycles. The summed E-state index contributed by atoms with van der Waals surface area (Å²) in [5, 5.41) is 8.16. The van der Waals surface area contributed by atoms with Crippen molar-refractivity contribution in [1.82, 2.24) is 10.2 Å². The number of aryl methyl sites for hydroxylation is 2. The molecule has 0 fully saturated rings. The number of nitrogens with zero attached hydrogens (tertiary/aromatic N) is 2. The van der Waals surface area contributed by atoms with Crippen LogP contribution in [0.4, 0.5) is 0 Å². The van der Waals surface area contributed by atoms with Gasteiger partial charge in [-0.05, 0) is 50.1 Å². The molecule has 0 aliphatic rings. The Labute approximate surface area is 156 Å². The number of methoxy groups -OCH3 is 1. The first-order valence-electron chi connectivity index (χ1n) is 8.24. The average Bonchev–Trinajstić information content (AvgIpc) is 3.11. The van der Waals surface area contributed by atoms with Crippen LogP contribution in [0, 0.1) is 13.8 Å². The van der Waals surface area contributed by atoms with Crippen LogP contribution in [0.25, 0.3) is 11.5 Å². The number of carbonyl (C=O) groups excluding carboxylic acids is 1. The molecule has 6 heteroatoms. The Bertz CT molecular complexity index is 936. The number of hydrogen-bond donors (Lipinski definition) is 0. The molecule has 0 saturated carbocycles. The van der Waals surface area contributed by atoms with E-state index in [-0.39, 0.29) is 11.0 Å². The third-order valence-corrected chi connectivity index (χ3v) is 5.12. The molecule has 0 spiro atoms. The molecule has 3 aromatic rings. The average molecular weight is 368 g/mol. The second-order valence-corrected chi connectivity index (χ2v) is 7.29. The lowest BCUT2D eigenvalue weighted by molar-refractivity contribution is 0.0993. The number of Topliss-reactive ketones (excluding diaryl/α,β-unsaturated/α-hetero) is 1. The van der Waals surface area contributed by atoms with Gasteiger partial charge in [0, 0.05) is 5.56 Å². The smallest absolute Gasteiger partial charge is 0.277 e. The first-order chi connectivity index (χ1) is 12.5. The lowest BCUT2D eigenvalue weighted by Gasteiger charge is -2.09. The van der Waals surface area contributed by atoms with Crippen molar-refractivity contribution in [2.45, 2.75) is 31.2 Å². The molecule has 0 amide bonds. The van der Waals surface area contributed by atoms with Gasteiger partial charge in [-0.1, -0.05) is 36.0 Å². The zero-order chi connectivity index (χ0) is 18.7. The number of benzene rings is 2. The summed E-state index contributed by atoms with van der Waals surface area (Å²) in [6.45, 7) is 5.87. The van der Waals surface area contributed by atoms with E-state index in [2.05, 4.69) is 10.2 Å². The van der Waals surface area contributed by atoms with Gasteiger partial charge in [-0.25, -0.2) is 0 Å². The highest BCUT2D eigenvalue weighted by atomic mass is 32.2. The van der Waals surface area contributed by atoms with Gasteiger partial charge in [-0.15, -0.1) is 10.2 Å². The number of thioether (sulfide) groups is 1. The number of aromatic nitrogens is 2.